The molecule has 0 spiro atoms. The van der Waals surface area contributed by atoms with Gasteiger partial charge >= 0.3 is 0 Å². The second kappa shape index (κ2) is 4.77. The van der Waals surface area contributed by atoms with Crippen LogP contribution in [0.3, 0.4) is 0 Å². The number of Topliss-reactive ketones (excluding diaryl/α,β-unsaturated/α-hetero) is 1. The van der Waals surface area contributed by atoms with Gasteiger partial charge in [-0.2, -0.15) is 0 Å². The van der Waals surface area contributed by atoms with Gasteiger partial charge in [0.25, 0.3) is 5.69 Å². The van der Waals surface area contributed by atoms with Gasteiger partial charge in [-0.1, -0.05) is 12.1 Å². The summed E-state index contributed by atoms with van der Waals surface area (Å²) in [4.78, 5) is 22.2. The number of para-hydroxylation sites is 1. The number of hydrogen-bond donors (Lipinski definition) is 0. The van der Waals surface area contributed by atoms with E-state index in [1.54, 1.807) is 30.3 Å². The van der Waals surface area contributed by atoms with Crippen LogP contribution in [0.2, 0.25) is 0 Å². The first kappa shape index (κ1) is 12.3. The predicted molar refractivity (Wildman–Crippen MR) is 71.9 cm³/mol. The first-order valence-corrected chi connectivity index (χ1v) is 6.18. The van der Waals surface area contributed by atoms with Crippen molar-refractivity contribution >= 4 is 11.5 Å². The normalized spacial score (nSPS) is 17.2. The number of nitro groups is 1. The number of nitrogens with zero attached hydrogens (tertiary/aromatic N) is 1. The molecule has 1 atom stereocenters. The van der Waals surface area contributed by atoms with E-state index < -0.39 is 11.0 Å². The van der Waals surface area contributed by atoms with E-state index in [4.69, 9.17) is 4.74 Å². The molecule has 20 heavy (non-hydrogen) atoms. The van der Waals surface area contributed by atoms with Crippen molar-refractivity contribution in [3.8, 4) is 5.75 Å². The number of benzene rings is 2. The summed E-state index contributed by atoms with van der Waals surface area (Å²) in [7, 11) is 0. The van der Waals surface area contributed by atoms with Gasteiger partial charge in [0.15, 0.2) is 5.78 Å². The van der Waals surface area contributed by atoms with Gasteiger partial charge in [-0.25, -0.2) is 0 Å². The number of carbonyl (C=O) groups is 1. The largest absolute Gasteiger partial charge is 0.484 e. The number of non-ortho nitro benzene ring substituents is 1. The average Bonchev–Trinajstić information content (AvgIpc) is 2.47. The minimum atomic E-state index is -0.452. The van der Waals surface area contributed by atoms with Crippen LogP contribution >= 0.6 is 0 Å². The molecule has 0 radical (unpaired) electrons. The van der Waals surface area contributed by atoms with Crippen LogP contribution in [0.1, 0.15) is 28.4 Å². The van der Waals surface area contributed by atoms with Crippen LogP contribution in [0, 0.1) is 10.1 Å². The molecular weight excluding hydrogens is 258 g/mol. The molecule has 1 aliphatic heterocycles. The first-order valence-electron chi connectivity index (χ1n) is 6.18. The van der Waals surface area contributed by atoms with Crippen LogP contribution in [0.15, 0.2) is 48.5 Å². The van der Waals surface area contributed by atoms with Gasteiger partial charge in [0, 0.05) is 12.1 Å². The number of rotatable bonds is 2. The summed E-state index contributed by atoms with van der Waals surface area (Å²) < 4.78 is 5.80. The number of ether oxygens (including phenoxy) is 1. The zero-order valence-corrected chi connectivity index (χ0v) is 10.5. The van der Waals surface area contributed by atoms with E-state index in [2.05, 4.69) is 0 Å². The van der Waals surface area contributed by atoms with Crippen molar-refractivity contribution in [2.24, 2.45) is 0 Å². The SMILES string of the molecule is O=C1CC(c2ccc([N+](=O)[O-])cc2)Oc2ccccc21. The molecule has 2 aromatic carbocycles. The van der Waals surface area contributed by atoms with E-state index in [-0.39, 0.29) is 17.9 Å². The topological polar surface area (TPSA) is 69.4 Å². The third kappa shape index (κ3) is 2.14. The zero-order chi connectivity index (χ0) is 14.1. The molecule has 3 rings (SSSR count). The van der Waals surface area contributed by atoms with E-state index in [0.717, 1.165) is 5.56 Å². The van der Waals surface area contributed by atoms with Crippen molar-refractivity contribution < 1.29 is 14.5 Å². The highest BCUT2D eigenvalue weighted by molar-refractivity contribution is 5.99. The molecule has 0 fully saturated rings. The molecule has 1 aliphatic rings. The van der Waals surface area contributed by atoms with E-state index in [9.17, 15) is 14.9 Å². The Kier molecular flexibility index (Phi) is 2.95. The second-order valence-corrected chi connectivity index (χ2v) is 4.58. The molecular formula is C15H11NO4. The molecule has 100 valence electrons. The summed E-state index contributed by atoms with van der Waals surface area (Å²) in [5, 5.41) is 10.6. The highest BCUT2D eigenvalue weighted by Crippen LogP contribution is 2.34. The highest BCUT2D eigenvalue weighted by Gasteiger charge is 2.27. The zero-order valence-electron chi connectivity index (χ0n) is 10.5. The standard InChI is InChI=1S/C15H11NO4/c17-13-9-15(20-14-4-2-1-3-12(13)14)10-5-7-11(8-6-10)16(18)19/h1-8,15H,9H2. The summed E-state index contributed by atoms with van der Waals surface area (Å²) in [6.45, 7) is 0. The molecule has 5 nitrogen and oxygen atoms in total. The Morgan fingerprint density at radius 1 is 1.10 bits per heavy atom. The molecule has 1 unspecified atom stereocenters. The summed E-state index contributed by atoms with van der Waals surface area (Å²) >= 11 is 0. The van der Waals surface area contributed by atoms with Crippen molar-refractivity contribution in [3.63, 3.8) is 0 Å². The fraction of sp³-hybridized carbons (Fsp3) is 0.133. The molecule has 2 aromatic rings. The van der Waals surface area contributed by atoms with Crippen molar-refractivity contribution in [3.05, 3.63) is 69.8 Å². The first-order chi connectivity index (χ1) is 9.65. The molecule has 0 aliphatic carbocycles. The van der Waals surface area contributed by atoms with Gasteiger partial charge < -0.3 is 4.74 Å². The van der Waals surface area contributed by atoms with E-state index in [0.29, 0.717) is 11.3 Å². The number of ketones is 1. The van der Waals surface area contributed by atoms with Crippen molar-refractivity contribution in [2.75, 3.05) is 0 Å². The number of fused-ring (bicyclic) bond motifs is 1. The van der Waals surface area contributed by atoms with Crippen LogP contribution in [-0.2, 0) is 0 Å². The smallest absolute Gasteiger partial charge is 0.269 e. The Bertz CT molecular complexity index is 679. The third-order valence-electron chi connectivity index (χ3n) is 3.30. The van der Waals surface area contributed by atoms with Gasteiger partial charge in [0.1, 0.15) is 11.9 Å². The Balaban J connectivity index is 1.90. The van der Waals surface area contributed by atoms with E-state index in [1.165, 1.54) is 12.1 Å². The Morgan fingerprint density at radius 2 is 1.80 bits per heavy atom. The number of nitro benzene ring substituents is 1. The van der Waals surface area contributed by atoms with E-state index >= 15 is 0 Å². The summed E-state index contributed by atoms with van der Waals surface area (Å²) in [5.74, 6) is 0.585. The van der Waals surface area contributed by atoms with Crippen LogP contribution in [0.25, 0.3) is 0 Å². The van der Waals surface area contributed by atoms with Crippen molar-refractivity contribution in [2.45, 2.75) is 12.5 Å². The summed E-state index contributed by atoms with van der Waals surface area (Å²) in [6.07, 6.45) is -0.146. The van der Waals surface area contributed by atoms with E-state index in [1.807, 2.05) is 6.07 Å². The molecule has 5 heteroatoms. The molecule has 0 saturated heterocycles. The summed E-state index contributed by atoms with van der Waals surface area (Å²) in [6, 6.07) is 13.2. The van der Waals surface area contributed by atoms with Crippen LogP contribution < -0.4 is 4.74 Å². The fourth-order valence-corrected chi connectivity index (χ4v) is 2.27. The fourth-order valence-electron chi connectivity index (χ4n) is 2.27. The monoisotopic (exact) mass is 269 g/mol. The lowest BCUT2D eigenvalue weighted by atomic mass is 9.96. The number of carbonyl (C=O) groups excluding carboxylic acids is 1. The van der Waals surface area contributed by atoms with Gasteiger partial charge in [-0.3, -0.25) is 14.9 Å². The molecule has 0 aromatic heterocycles. The maximum atomic E-state index is 12.1. The lowest BCUT2D eigenvalue weighted by Crippen LogP contribution is -2.20. The minimum Gasteiger partial charge on any atom is -0.484 e. The maximum absolute atomic E-state index is 12.1. The summed E-state index contributed by atoms with van der Waals surface area (Å²) in [5.41, 5.74) is 1.38. The average molecular weight is 269 g/mol. The van der Waals surface area contributed by atoms with Crippen LogP contribution in [-0.4, -0.2) is 10.7 Å². The maximum Gasteiger partial charge on any atom is 0.269 e. The molecule has 0 amide bonds. The molecule has 1 heterocycles. The van der Waals surface area contributed by atoms with Crippen molar-refractivity contribution in [1.29, 1.82) is 0 Å². The molecule has 0 bridgehead atoms. The Morgan fingerprint density at radius 3 is 2.50 bits per heavy atom. The van der Waals surface area contributed by atoms with Gasteiger partial charge in [0.05, 0.1) is 16.9 Å². The molecule has 0 N–H and O–H groups in total. The number of hydrogen-bond acceptors (Lipinski definition) is 4. The van der Waals surface area contributed by atoms with Gasteiger partial charge in [-0.15, -0.1) is 0 Å². The quantitative estimate of drug-likeness (QED) is 0.619. The molecule has 0 saturated carbocycles. The lowest BCUT2D eigenvalue weighted by molar-refractivity contribution is -0.384. The Labute approximate surface area is 115 Å². The Hall–Kier alpha value is -2.69. The highest BCUT2D eigenvalue weighted by atomic mass is 16.6. The van der Waals surface area contributed by atoms with Crippen LogP contribution in [0.5, 0.6) is 5.75 Å². The van der Waals surface area contributed by atoms with Crippen molar-refractivity contribution in [1.82, 2.24) is 0 Å². The lowest BCUT2D eigenvalue weighted by Gasteiger charge is -2.25. The minimum absolute atomic E-state index is 0.0233. The third-order valence-corrected chi connectivity index (χ3v) is 3.30. The predicted octanol–water partition coefficient (Wildman–Crippen LogP) is 3.30. The van der Waals surface area contributed by atoms with Crippen LogP contribution in [0.4, 0.5) is 5.69 Å². The van der Waals surface area contributed by atoms with Gasteiger partial charge in [0.2, 0.25) is 0 Å². The second-order valence-electron chi connectivity index (χ2n) is 4.58. The van der Waals surface area contributed by atoms with Gasteiger partial charge in [-0.05, 0) is 29.8 Å².